The van der Waals surface area contributed by atoms with Gasteiger partial charge in [-0.25, -0.2) is 4.98 Å². The van der Waals surface area contributed by atoms with Gasteiger partial charge in [-0.1, -0.05) is 49.7 Å². The highest BCUT2D eigenvalue weighted by molar-refractivity contribution is 5.48. The zero-order valence-electron chi connectivity index (χ0n) is 12.0. The summed E-state index contributed by atoms with van der Waals surface area (Å²) >= 11 is 0. The molecule has 21 heavy (non-hydrogen) atoms. The lowest BCUT2D eigenvalue weighted by molar-refractivity contribution is 0.0459. The lowest BCUT2D eigenvalue weighted by Gasteiger charge is -2.29. The summed E-state index contributed by atoms with van der Waals surface area (Å²) in [6.07, 6.45) is 5.48. The molecular weight excluding hydrogens is 262 g/mol. The highest BCUT2D eigenvalue weighted by Crippen LogP contribution is 2.35. The highest BCUT2D eigenvalue weighted by atomic mass is 16.3. The van der Waals surface area contributed by atoms with Crippen molar-refractivity contribution in [2.24, 2.45) is 0 Å². The number of anilines is 1. The van der Waals surface area contributed by atoms with E-state index in [-0.39, 0.29) is 0 Å². The van der Waals surface area contributed by atoms with Crippen LogP contribution in [0.4, 0.5) is 5.82 Å². The Labute approximate surface area is 124 Å². The molecular formula is C17H19N3O. The summed E-state index contributed by atoms with van der Waals surface area (Å²) in [5.41, 5.74) is 3.78. The Balaban J connectivity index is 1.97. The van der Waals surface area contributed by atoms with E-state index in [9.17, 15) is 5.11 Å². The maximum atomic E-state index is 11.1. The van der Waals surface area contributed by atoms with Crippen molar-refractivity contribution in [3.8, 4) is 0 Å². The Kier molecular flexibility index (Phi) is 3.73. The van der Waals surface area contributed by atoms with Crippen LogP contribution in [0.3, 0.4) is 0 Å². The summed E-state index contributed by atoms with van der Waals surface area (Å²) in [4.78, 5) is 4.32. The number of nitrogens with one attached hydrogen (secondary N) is 1. The lowest BCUT2D eigenvalue weighted by atomic mass is 9.93. The molecule has 4 heteroatoms. The van der Waals surface area contributed by atoms with Crippen molar-refractivity contribution < 1.29 is 5.11 Å². The number of nitrogens with zero attached hydrogens (tertiary/aromatic N) is 2. The molecule has 0 bridgehead atoms. The van der Waals surface area contributed by atoms with Crippen molar-refractivity contribution in [2.45, 2.75) is 25.5 Å². The van der Waals surface area contributed by atoms with Crippen LogP contribution in [0.5, 0.6) is 0 Å². The van der Waals surface area contributed by atoms with E-state index in [0.29, 0.717) is 0 Å². The summed E-state index contributed by atoms with van der Waals surface area (Å²) in [7, 11) is 0. The van der Waals surface area contributed by atoms with Gasteiger partial charge in [0.25, 0.3) is 0 Å². The third-order valence-corrected chi connectivity index (χ3v) is 3.64. The van der Waals surface area contributed by atoms with Gasteiger partial charge in [0.05, 0.1) is 0 Å². The number of hydrazine groups is 1. The van der Waals surface area contributed by atoms with Gasteiger partial charge in [0.2, 0.25) is 0 Å². The minimum Gasteiger partial charge on any atom is -0.366 e. The number of hydrogen-bond donors (Lipinski definition) is 2. The molecule has 0 saturated heterocycles. The lowest BCUT2D eigenvalue weighted by Crippen LogP contribution is -2.46. The van der Waals surface area contributed by atoms with Crippen LogP contribution in [-0.4, -0.2) is 10.1 Å². The molecule has 0 amide bonds. The monoisotopic (exact) mass is 281 g/mol. The van der Waals surface area contributed by atoms with Crippen LogP contribution in [0.25, 0.3) is 0 Å². The maximum Gasteiger partial charge on any atom is 0.183 e. The van der Waals surface area contributed by atoms with Crippen LogP contribution in [0.15, 0.2) is 66.5 Å². The van der Waals surface area contributed by atoms with Crippen molar-refractivity contribution in [3.05, 3.63) is 72.1 Å². The van der Waals surface area contributed by atoms with Crippen LogP contribution < -0.4 is 10.4 Å². The summed E-state index contributed by atoms with van der Waals surface area (Å²) < 4.78 is 0. The molecule has 1 aromatic carbocycles. The summed E-state index contributed by atoms with van der Waals surface area (Å²) in [6, 6.07) is 15.4. The minimum absolute atomic E-state index is 0.762. The highest BCUT2D eigenvalue weighted by Gasteiger charge is 2.40. The van der Waals surface area contributed by atoms with E-state index in [1.54, 1.807) is 11.2 Å². The molecule has 3 rings (SSSR count). The smallest absolute Gasteiger partial charge is 0.183 e. The first-order valence-corrected chi connectivity index (χ1v) is 7.21. The van der Waals surface area contributed by atoms with Gasteiger partial charge in [-0.3, -0.25) is 5.01 Å². The van der Waals surface area contributed by atoms with Crippen LogP contribution in [0.1, 0.15) is 25.3 Å². The van der Waals surface area contributed by atoms with Gasteiger partial charge in [-0.2, -0.15) is 5.43 Å². The Morgan fingerprint density at radius 3 is 2.57 bits per heavy atom. The molecule has 0 saturated carbocycles. The second kappa shape index (κ2) is 5.68. The van der Waals surface area contributed by atoms with E-state index >= 15 is 0 Å². The molecule has 1 aliphatic rings. The Morgan fingerprint density at radius 1 is 1.14 bits per heavy atom. The van der Waals surface area contributed by atoms with Crippen molar-refractivity contribution >= 4 is 5.82 Å². The molecule has 4 nitrogen and oxygen atoms in total. The first-order valence-electron chi connectivity index (χ1n) is 7.21. The fraction of sp³-hybridized carbons (Fsp3) is 0.235. The molecule has 108 valence electrons. The van der Waals surface area contributed by atoms with Gasteiger partial charge in [-0.05, 0) is 18.6 Å². The average Bonchev–Trinajstić information content (AvgIpc) is 2.88. The average molecular weight is 281 g/mol. The molecule has 2 heterocycles. The number of aromatic nitrogens is 1. The van der Waals surface area contributed by atoms with Gasteiger partial charge in [0, 0.05) is 23.5 Å². The van der Waals surface area contributed by atoms with Crippen LogP contribution >= 0.6 is 0 Å². The van der Waals surface area contributed by atoms with Crippen molar-refractivity contribution in [3.63, 3.8) is 0 Å². The van der Waals surface area contributed by atoms with Gasteiger partial charge >= 0.3 is 0 Å². The van der Waals surface area contributed by atoms with Gasteiger partial charge in [0.1, 0.15) is 5.82 Å². The molecule has 1 aliphatic heterocycles. The molecule has 0 radical (unpaired) electrons. The fourth-order valence-electron chi connectivity index (χ4n) is 2.59. The van der Waals surface area contributed by atoms with E-state index < -0.39 is 5.72 Å². The number of hydrogen-bond acceptors (Lipinski definition) is 4. The Bertz CT molecular complexity index is 627. The Morgan fingerprint density at radius 2 is 1.90 bits per heavy atom. The second-order valence-electron chi connectivity index (χ2n) is 5.15. The predicted molar refractivity (Wildman–Crippen MR) is 83.2 cm³/mol. The molecule has 1 aromatic heterocycles. The SMILES string of the molecule is CCCC1=CN(c2ccccn2)NC1(O)c1ccccc1. The standard InChI is InChI=1S/C17H19N3O/c1-2-8-15-13-20(16-11-6-7-12-18-16)19-17(15,21)14-9-4-3-5-10-14/h3-7,9-13,19,21H,2,8H2,1H3. The number of aliphatic hydroxyl groups is 1. The predicted octanol–water partition coefficient (Wildman–Crippen LogP) is 2.94. The summed E-state index contributed by atoms with van der Waals surface area (Å²) in [5.74, 6) is 0.762. The fourth-order valence-corrected chi connectivity index (χ4v) is 2.59. The van der Waals surface area contributed by atoms with E-state index in [1.165, 1.54) is 0 Å². The normalized spacial score (nSPS) is 21.4. The second-order valence-corrected chi connectivity index (χ2v) is 5.15. The molecule has 1 atom stereocenters. The van der Waals surface area contributed by atoms with Gasteiger partial charge in [-0.15, -0.1) is 0 Å². The number of rotatable bonds is 4. The number of pyridine rings is 1. The summed E-state index contributed by atoms with van der Waals surface area (Å²) in [5, 5.41) is 12.9. The molecule has 0 aliphatic carbocycles. The van der Waals surface area contributed by atoms with E-state index in [2.05, 4.69) is 17.3 Å². The number of benzene rings is 1. The molecule has 2 aromatic rings. The van der Waals surface area contributed by atoms with E-state index in [1.807, 2.05) is 54.7 Å². The van der Waals surface area contributed by atoms with E-state index in [4.69, 9.17) is 0 Å². The minimum atomic E-state index is -1.17. The topological polar surface area (TPSA) is 48.4 Å². The third kappa shape index (κ3) is 2.55. The molecule has 1 unspecified atom stereocenters. The van der Waals surface area contributed by atoms with Crippen molar-refractivity contribution in [1.29, 1.82) is 0 Å². The summed E-state index contributed by atoms with van der Waals surface area (Å²) in [6.45, 7) is 2.11. The zero-order chi connectivity index (χ0) is 14.7. The molecule has 0 fully saturated rings. The first-order chi connectivity index (χ1) is 10.2. The first kappa shape index (κ1) is 13.8. The zero-order valence-corrected chi connectivity index (χ0v) is 12.0. The van der Waals surface area contributed by atoms with Gasteiger partial charge in [0.15, 0.2) is 5.72 Å². The van der Waals surface area contributed by atoms with Crippen LogP contribution in [-0.2, 0) is 5.72 Å². The van der Waals surface area contributed by atoms with Gasteiger partial charge < -0.3 is 5.11 Å². The third-order valence-electron chi connectivity index (χ3n) is 3.64. The van der Waals surface area contributed by atoms with E-state index in [0.717, 1.165) is 29.8 Å². The van der Waals surface area contributed by atoms with Crippen molar-refractivity contribution in [2.75, 3.05) is 5.01 Å². The van der Waals surface area contributed by atoms with Crippen molar-refractivity contribution in [1.82, 2.24) is 10.4 Å². The Hall–Kier alpha value is -2.17. The van der Waals surface area contributed by atoms with Crippen LogP contribution in [0.2, 0.25) is 0 Å². The maximum absolute atomic E-state index is 11.1. The van der Waals surface area contributed by atoms with Crippen LogP contribution in [0, 0.1) is 0 Å². The quantitative estimate of drug-likeness (QED) is 0.904. The molecule has 2 N–H and O–H groups in total. The molecule has 0 spiro atoms. The largest absolute Gasteiger partial charge is 0.366 e.